The molecule has 7 rings (SSSR count). The highest BCUT2D eigenvalue weighted by molar-refractivity contribution is 6.16. The number of hydrogen-bond acceptors (Lipinski definition) is 4. The lowest BCUT2D eigenvalue weighted by molar-refractivity contribution is -0.139. The van der Waals surface area contributed by atoms with E-state index in [4.69, 9.17) is 4.74 Å². The Balaban J connectivity index is 1.52. The molecule has 1 N–H and O–H groups in total. The van der Waals surface area contributed by atoms with Crippen LogP contribution in [0.1, 0.15) is 38.7 Å². The van der Waals surface area contributed by atoms with Crippen molar-refractivity contribution in [2.75, 3.05) is 0 Å². The monoisotopic (exact) mass is 459 g/mol. The second-order valence-electron chi connectivity index (χ2n) is 11.2. The van der Waals surface area contributed by atoms with Crippen molar-refractivity contribution < 1.29 is 19.1 Å². The molecule has 5 heteroatoms. The lowest BCUT2D eigenvalue weighted by Gasteiger charge is -2.39. The highest BCUT2D eigenvalue weighted by Gasteiger charge is 2.60. The van der Waals surface area contributed by atoms with E-state index in [0.717, 1.165) is 24.2 Å². The van der Waals surface area contributed by atoms with Crippen molar-refractivity contribution in [3.05, 3.63) is 54.1 Å². The maximum Gasteiger partial charge on any atom is 0.237 e. The Labute approximate surface area is 201 Å². The van der Waals surface area contributed by atoms with Gasteiger partial charge < -0.3 is 4.74 Å². The third kappa shape index (κ3) is 3.30. The number of benzene rings is 1. The molecule has 1 saturated heterocycles. The summed E-state index contributed by atoms with van der Waals surface area (Å²) in [5.74, 6) is -0.223. The lowest BCUT2D eigenvalue weighted by Crippen LogP contribution is -2.46. The van der Waals surface area contributed by atoms with Crippen molar-refractivity contribution in [3.63, 3.8) is 0 Å². The van der Waals surface area contributed by atoms with Crippen molar-refractivity contribution >= 4 is 17.6 Å². The normalized spacial score (nSPS) is 42.9. The molecule has 3 aliphatic carbocycles. The van der Waals surface area contributed by atoms with E-state index in [1.165, 1.54) is 6.42 Å². The molecule has 10 atom stereocenters. The summed E-state index contributed by atoms with van der Waals surface area (Å²) in [5.41, 5.74) is 0.944. The number of fused-ring (bicyclic) bond motifs is 4. The predicted octanol–water partition coefficient (Wildman–Crippen LogP) is 4.12. The minimum absolute atomic E-state index is 0.00209. The quantitative estimate of drug-likeness (QED) is 0.390. The van der Waals surface area contributed by atoms with Crippen LogP contribution in [0, 0.1) is 53.3 Å². The number of amides is 2. The van der Waals surface area contributed by atoms with Gasteiger partial charge in [-0.25, -0.2) is 0 Å². The molecule has 3 aliphatic heterocycles. The van der Waals surface area contributed by atoms with Gasteiger partial charge in [0.25, 0.3) is 0 Å². The number of Topliss-reactive ketones (excluding diaryl/α,β-unsaturated/α-hetero) is 1. The van der Waals surface area contributed by atoms with Gasteiger partial charge in [-0.05, 0) is 67.6 Å². The standard InChI is InChI=1S/C29H33NO4/c1-3-4-17-8-12-19-21-13-15(2)5-11-20(21)27-24(19)23(17)26(31)25-22(28(32)30-29(25)33)14-16-6-9-18(34-27)10-7-16/h3-4,6-10,12,15,17,19-25,27H,5,11,13-14H2,1-2H3,(H,30,32,33)/b4-3-. The Hall–Kier alpha value is -2.69. The second-order valence-corrected chi connectivity index (χ2v) is 11.2. The summed E-state index contributed by atoms with van der Waals surface area (Å²) in [6, 6.07) is 7.94. The molecule has 2 bridgehead atoms. The zero-order valence-electron chi connectivity index (χ0n) is 19.9. The summed E-state index contributed by atoms with van der Waals surface area (Å²) < 4.78 is 6.76. The predicted molar refractivity (Wildman–Crippen MR) is 128 cm³/mol. The van der Waals surface area contributed by atoms with E-state index in [1.54, 1.807) is 0 Å². The third-order valence-electron chi connectivity index (χ3n) is 9.31. The van der Waals surface area contributed by atoms with Crippen molar-refractivity contribution in [1.29, 1.82) is 0 Å². The van der Waals surface area contributed by atoms with E-state index >= 15 is 0 Å². The maximum absolute atomic E-state index is 14.3. The fourth-order valence-corrected chi connectivity index (χ4v) is 7.87. The Morgan fingerprint density at radius 1 is 1.00 bits per heavy atom. The Bertz CT molecular complexity index is 1070. The van der Waals surface area contributed by atoms with Crippen LogP contribution >= 0.6 is 0 Å². The van der Waals surface area contributed by atoms with Gasteiger partial charge in [0.2, 0.25) is 11.8 Å². The summed E-state index contributed by atoms with van der Waals surface area (Å²) >= 11 is 0. The fourth-order valence-electron chi connectivity index (χ4n) is 7.87. The van der Waals surface area contributed by atoms with Gasteiger partial charge in [-0.2, -0.15) is 0 Å². The summed E-state index contributed by atoms with van der Waals surface area (Å²) in [5, 5.41) is 2.48. The minimum Gasteiger partial charge on any atom is -0.490 e. The van der Waals surface area contributed by atoms with Gasteiger partial charge in [-0.15, -0.1) is 0 Å². The van der Waals surface area contributed by atoms with Crippen molar-refractivity contribution in [1.82, 2.24) is 5.32 Å². The van der Waals surface area contributed by atoms with E-state index < -0.39 is 17.7 Å². The van der Waals surface area contributed by atoms with Crippen molar-refractivity contribution in [2.45, 2.75) is 45.6 Å². The fraction of sp³-hybridized carbons (Fsp3) is 0.552. The van der Waals surface area contributed by atoms with Crippen molar-refractivity contribution in [2.24, 2.45) is 53.3 Å². The molecule has 178 valence electrons. The Morgan fingerprint density at radius 3 is 2.56 bits per heavy atom. The molecule has 1 aromatic carbocycles. The number of ketones is 1. The molecule has 0 aromatic heterocycles. The number of hydrogen-bond donors (Lipinski definition) is 1. The van der Waals surface area contributed by atoms with Crippen LogP contribution in [0.4, 0.5) is 0 Å². The largest absolute Gasteiger partial charge is 0.490 e. The minimum atomic E-state index is -0.932. The summed E-state index contributed by atoms with van der Waals surface area (Å²) in [4.78, 5) is 40.1. The topological polar surface area (TPSA) is 72.5 Å². The van der Waals surface area contributed by atoms with Gasteiger partial charge >= 0.3 is 0 Å². The Morgan fingerprint density at radius 2 is 1.79 bits per heavy atom. The van der Waals surface area contributed by atoms with E-state index in [0.29, 0.717) is 24.2 Å². The highest BCUT2D eigenvalue weighted by atomic mass is 16.5. The third-order valence-corrected chi connectivity index (χ3v) is 9.31. The van der Waals surface area contributed by atoms with Crippen LogP contribution in [-0.2, 0) is 20.8 Å². The van der Waals surface area contributed by atoms with Crippen LogP contribution < -0.4 is 10.1 Å². The van der Waals surface area contributed by atoms with Gasteiger partial charge in [-0.3, -0.25) is 19.7 Å². The first-order valence-electron chi connectivity index (χ1n) is 12.9. The first-order valence-corrected chi connectivity index (χ1v) is 12.9. The van der Waals surface area contributed by atoms with Gasteiger partial charge in [0.1, 0.15) is 17.8 Å². The lowest BCUT2D eigenvalue weighted by atomic mass is 9.64. The number of rotatable bonds is 1. The van der Waals surface area contributed by atoms with Gasteiger partial charge in [0.15, 0.2) is 5.78 Å². The smallest absolute Gasteiger partial charge is 0.237 e. The van der Waals surface area contributed by atoms with Gasteiger partial charge in [-0.1, -0.05) is 49.8 Å². The van der Waals surface area contributed by atoms with E-state index in [2.05, 4.69) is 30.5 Å². The number of carbonyl (C=O) groups is 3. The van der Waals surface area contributed by atoms with Crippen LogP contribution in [0.25, 0.3) is 0 Å². The molecule has 2 amide bonds. The zero-order valence-corrected chi connectivity index (χ0v) is 19.9. The highest BCUT2D eigenvalue weighted by Crippen LogP contribution is 2.58. The molecule has 0 radical (unpaired) electrons. The molecule has 2 saturated carbocycles. The number of carbonyl (C=O) groups excluding carboxylic acids is 3. The first-order chi connectivity index (χ1) is 16.5. The van der Waals surface area contributed by atoms with Crippen LogP contribution in [0.5, 0.6) is 5.75 Å². The maximum atomic E-state index is 14.3. The number of nitrogens with one attached hydrogen (secondary N) is 1. The van der Waals surface area contributed by atoms with Crippen molar-refractivity contribution in [3.8, 4) is 5.75 Å². The molecule has 0 spiro atoms. The van der Waals surface area contributed by atoms with Crippen LogP contribution in [0.2, 0.25) is 0 Å². The molecule has 3 heterocycles. The zero-order chi connectivity index (χ0) is 23.6. The molecular weight excluding hydrogens is 426 g/mol. The molecule has 3 fully saturated rings. The van der Waals surface area contributed by atoms with Crippen LogP contribution in [0.15, 0.2) is 48.6 Å². The SMILES string of the molecule is C/C=C\C1C=CC2C3CC(C)CCC3C3Oc4ccc(cc4)CC4C(=O)NC(=O)C4C(=O)C1C23. The molecule has 34 heavy (non-hydrogen) atoms. The summed E-state index contributed by atoms with van der Waals surface area (Å²) in [6.45, 7) is 4.30. The van der Waals surface area contributed by atoms with E-state index in [1.807, 2.05) is 37.3 Å². The van der Waals surface area contributed by atoms with Gasteiger partial charge in [0.05, 0.1) is 5.92 Å². The summed E-state index contributed by atoms with van der Waals surface area (Å²) in [6.07, 6.45) is 12.3. The van der Waals surface area contributed by atoms with Crippen LogP contribution in [0.3, 0.4) is 0 Å². The number of allylic oxidation sites excluding steroid dienone is 4. The molecule has 6 aliphatic rings. The number of imide groups is 1. The molecular formula is C29H33NO4. The second kappa shape index (κ2) is 8.21. The van der Waals surface area contributed by atoms with Gasteiger partial charge in [0, 0.05) is 17.8 Å². The molecule has 5 nitrogen and oxygen atoms in total. The van der Waals surface area contributed by atoms with E-state index in [9.17, 15) is 14.4 Å². The van der Waals surface area contributed by atoms with Crippen LogP contribution in [-0.4, -0.2) is 23.7 Å². The summed E-state index contributed by atoms with van der Waals surface area (Å²) in [7, 11) is 0. The van der Waals surface area contributed by atoms with E-state index in [-0.39, 0.29) is 41.5 Å². The Kier molecular flexibility index (Phi) is 5.27. The average Bonchev–Trinajstić information content (AvgIpc) is 3.26. The first kappa shape index (κ1) is 21.8. The molecule has 10 unspecified atom stereocenters. The number of ether oxygens (including phenoxy) is 1. The molecule has 1 aromatic rings. The average molecular weight is 460 g/mol.